The zero-order valence-corrected chi connectivity index (χ0v) is 11.5. The molecule has 0 fully saturated rings. The predicted octanol–water partition coefficient (Wildman–Crippen LogP) is 1.39. The monoisotopic (exact) mass is 294 g/mol. The van der Waals surface area contributed by atoms with E-state index in [1.807, 2.05) is 0 Å². The van der Waals surface area contributed by atoms with Crippen molar-refractivity contribution in [2.24, 2.45) is 0 Å². The summed E-state index contributed by atoms with van der Waals surface area (Å²) in [6.07, 6.45) is 0.769. The smallest absolute Gasteiger partial charge is 0.351 e. The van der Waals surface area contributed by atoms with Gasteiger partial charge in [0.25, 0.3) is 0 Å². The van der Waals surface area contributed by atoms with Gasteiger partial charge in [-0.15, -0.1) is 0 Å². The molecule has 0 spiro atoms. The van der Waals surface area contributed by atoms with Crippen LogP contribution < -0.4 is 5.32 Å². The number of nitrogens with zero attached hydrogens (tertiary/aromatic N) is 1. The number of aliphatic hydroxyl groups excluding tert-OH is 1. The number of aromatic nitrogens is 1. The van der Waals surface area contributed by atoms with Crippen LogP contribution in [0.3, 0.4) is 0 Å². The first-order chi connectivity index (χ1) is 8.69. The van der Waals surface area contributed by atoms with Crippen molar-refractivity contribution in [2.75, 3.05) is 38.8 Å². The number of hydrogen-bond acceptors (Lipinski definition) is 7. The molecule has 18 heavy (non-hydrogen) atoms. The van der Waals surface area contributed by atoms with Crippen LogP contribution >= 0.6 is 22.9 Å². The van der Waals surface area contributed by atoms with Crippen LogP contribution in [-0.2, 0) is 9.47 Å². The van der Waals surface area contributed by atoms with Crippen molar-refractivity contribution >= 4 is 34.0 Å². The molecule has 1 rings (SSSR count). The Kier molecular flexibility index (Phi) is 6.96. The van der Waals surface area contributed by atoms with Crippen molar-refractivity contribution in [3.05, 3.63) is 10.0 Å². The van der Waals surface area contributed by atoms with Crippen molar-refractivity contribution in [1.82, 2.24) is 4.98 Å². The highest BCUT2D eigenvalue weighted by molar-refractivity contribution is 7.18. The van der Waals surface area contributed by atoms with Crippen LogP contribution in [0.4, 0.5) is 5.13 Å². The van der Waals surface area contributed by atoms with Gasteiger partial charge in [0.15, 0.2) is 15.2 Å². The highest BCUT2D eigenvalue weighted by Gasteiger charge is 2.16. The third-order valence-corrected chi connectivity index (χ3v) is 3.31. The molecule has 0 aromatic carbocycles. The van der Waals surface area contributed by atoms with Crippen LogP contribution in [0.2, 0.25) is 5.15 Å². The van der Waals surface area contributed by atoms with E-state index in [0.29, 0.717) is 24.9 Å². The topological polar surface area (TPSA) is 80.7 Å². The molecular formula is C10H15ClN2O4S. The van der Waals surface area contributed by atoms with Gasteiger partial charge in [0.1, 0.15) is 0 Å². The molecule has 6 nitrogen and oxygen atoms in total. The Bertz CT molecular complexity index is 386. The number of carbonyl (C=O) groups is 1. The third-order valence-electron chi connectivity index (χ3n) is 1.93. The summed E-state index contributed by atoms with van der Waals surface area (Å²) in [5, 5.41) is 12.3. The minimum atomic E-state index is -0.489. The van der Waals surface area contributed by atoms with Crippen LogP contribution in [0, 0.1) is 0 Å². The maximum absolute atomic E-state index is 11.3. The Morgan fingerprint density at radius 3 is 3.00 bits per heavy atom. The molecule has 0 atom stereocenters. The number of hydrogen-bond donors (Lipinski definition) is 2. The molecule has 0 aliphatic rings. The number of anilines is 1. The number of thiazole rings is 1. The van der Waals surface area contributed by atoms with Crippen LogP contribution in [0.15, 0.2) is 0 Å². The van der Waals surface area contributed by atoms with Crippen LogP contribution in [0.1, 0.15) is 16.1 Å². The molecule has 0 aliphatic carbocycles. The number of esters is 1. The van der Waals surface area contributed by atoms with Crippen molar-refractivity contribution in [3.63, 3.8) is 0 Å². The van der Waals surface area contributed by atoms with Crippen molar-refractivity contribution in [3.8, 4) is 0 Å². The van der Waals surface area contributed by atoms with Crippen LogP contribution in [0.25, 0.3) is 0 Å². The fourth-order valence-electron chi connectivity index (χ4n) is 1.13. The number of halogens is 1. The predicted molar refractivity (Wildman–Crippen MR) is 69.5 cm³/mol. The van der Waals surface area contributed by atoms with Gasteiger partial charge < -0.3 is 19.9 Å². The molecule has 8 heteroatoms. The first-order valence-corrected chi connectivity index (χ1v) is 6.55. The van der Waals surface area contributed by atoms with E-state index in [-0.39, 0.29) is 16.6 Å². The zero-order chi connectivity index (χ0) is 13.4. The van der Waals surface area contributed by atoms with Gasteiger partial charge >= 0.3 is 5.97 Å². The second-order valence-electron chi connectivity index (χ2n) is 3.25. The fraction of sp³-hybridized carbons (Fsp3) is 0.600. The molecular weight excluding hydrogens is 280 g/mol. The molecule has 0 radical (unpaired) electrons. The molecule has 0 bridgehead atoms. The Morgan fingerprint density at radius 1 is 1.56 bits per heavy atom. The lowest BCUT2D eigenvalue weighted by Gasteiger charge is -2.02. The van der Waals surface area contributed by atoms with Gasteiger partial charge in [0.2, 0.25) is 0 Å². The second-order valence-corrected chi connectivity index (χ2v) is 4.60. The zero-order valence-electron chi connectivity index (χ0n) is 9.94. The molecule has 0 saturated carbocycles. The van der Waals surface area contributed by atoms with Gasteiger partial charge in [-0.05, 0) is 6.42 Å². The first-order valence-electron chi connectivity index (χ1n) is 5.36. The average molecular weight is 295 g/mol. The van der Waals surface area contributed by atoms with Gasteiger partial charge in [0, 0.05) is 13.2 Å². The maximum atomic E-state index is 11.3. The van der Waals surface area contributed by atoms with Crippen LogP contribution in [0.5, 0.6) is 0 Å². The van der Waals surface area contributed by atoms with Gasteiger partial charge in [0.05, 0.1) is 20.3 Å². The Balaban J connectivity index is 2.33. The highest BCUT2D eigenvalue weighted by atomic mass is 35.5. The van der Waals surface area contributed by atoms with E-state index in [0.717, 1.165) is 17.8 Å². The van der Waals surface area contributed by atoms with Gasteiger partial charge in [-0.3, -0.25) is 0 Å². The Labute approximate surface area is 114 Å². The van der Waals surface area contributed by atoms with E-state index >= 15 is 0 Å². The van der Waals surface area contributed by atoms with E-state index in [9.17, 15) is 4.79 Å². The summed E-state index contributed by atoms with van der Waals surface area (Å²) < 4.78 is 9.67. The van der Waals surface area contributed by atoms with Crippen LogP contribution in [-0.4, -0.2) is 49.5 Å². The molecule has 102 valence electrons. The summed E-state index contributed by atoms with van der Waals surface area (Å²) in [7, 11) is 1.30. The number of aliphatic hydroxyl groups is 1. The molecule has 0 amide bonds. The Morgan fingerprint density at radius 2 is 2.33 bits per heavy atom. The van der Waals surface area contributed by atoms with Crippen molar-refractivity contribution < 1.29 is 19.4 Å². The highest BCUT2D eigenvalue weighted by Crippen LogP contribution is 2.27. The number of methoxy groups -OCH3 is 1. The number of rotatable bonds is 8. The van der Waals surface area contributed by atoms with Gasteiger partial charge in [-0.2, -0.15) is 0 Å². The summed E-state index contributed by atoms with van der Waals surface area (Å²) >= 11 is 6.96. The number of ether oxygens (including phenoxy) is 2. The summed E-state index contributed by atoms with van der Waals surface area (Å²) in [6, 6.07) is 0. The molecule has 0 unspecified atom stereocenters. The largest absolute Gasteiger partial charge is 0.465 e. The van der Waals surface area contributed by atoms with E-state index in [2.05, 4.69) is 15.0 Å². The molecule has 1 aromatic rings. The molecule has 1 aromatic heterocycles. The molecule has 2 N–H and O–H groups in total. The quantitative estimate of drug-likeness (QED) is 0.557. The minimum Gasteiger partial charge on any atom is -0.465 e. The maximum Gasteiger partial charge on any atom is 0.351 e. The van der Waals surface area contributed by atoms with Gasteiger partial charge in [-0.1, -0.05) is 22.9 Å². The summed E-state index contributed by atoms with van der Waals surface area (Å²) in [6.45, 7) is 1.57. The third kappa shape index (κ3) is 4.77. The SMILES string of the molecule is COC(=O)c1sc(NCCCOCCO)nc1Cl. The molecule has 0 saturated heterocycles. The summed E-state index contributed by atoms with van der Waals surface area (Å²) in [5.74, 6) is -0.489. The van der Waals surface area contributed by atoms with E-state index in [1.54, 1.807) is 0 Å². The van der Waals surface area contributed by atoms with Crippen molar-refractivity contribution in [2.45, 2.75) is 6.42 Å². The van der Waals surface area contributed by atoms with E-state index in [4.69, 9.17) is 21.4 Å². The molecule has 0 aliphatic heterocycles. The standard InChI is InChI=1S/C10H15ClN2O4S/c1-16-9(15)7-8(11)13-10(18-7)12-3-2-5-17-6-4-14/h14H,2-6H2,1H3,(H,12,13). The molecule has 1 heterocycles. The number of nitrogens with one attached hydrogen (secondary N) is 1. The van der Waals surface area contributed by atoms with Gasteiger partial charge in [-0.25, -0.2) is 9.78 Å². The number of carbonyl (C=O) groups excluding carboxylic acids is 1. The summed E-state index contributed by atoms with van der Waals surface area (Å²) in [5.41, 5.74) is 0. The lowest BCUT2D eigenvalue weighted by molar-refractivity contribution is 0.0606. The average Bonchev–Trinajstić information content (AvgIpc) is 2.74. The lowest BCUT2D eigenvalue weighted by atomic mass is 10.4. The minimum absolute atomic E-state index is 0.0258. The normalized spacial score (nSPS) is 10.4. The first kappa shape index (κ1) is 15.2. The lowest BCUT2D eigenvalue weighted by Crippen LogP contribution is -2.07. The van der Waals surface area contributed by atoms with E-state index in [1.165, 1.54) is 7.11 Å². The fourth-order valence-corrected chi connectivity index (χ4v) is 2.26. The summed E-state index contributed by atoms with van der Waals surface area (Å²) in [4.78, 5) is 15.6. The van der Waals surface area contributed by atoms with E-state index < -0.39 is 5.97 Å². The second kappa shape index (κ2) is 8.25. The van der Waals surface area contributed by atoms with Crippen molar-refractivity contribution in [1.29, 1.82) is 0 Å². The Hall–Kier alpha value is -0.890.